The smallest absolute Gasteiger partial charge is 0.407 e. The molecule has 1 saturated heterocycles. The third-order valence-electron chi connectivity index (χ3n) is 5.95. The molecule has 4 aromatic heterocycles. The summed E-state index contributed by atoms with van der Waals surface area (Å²) in [7, 11) is 5.13. The minimum Gasteiger partial charge on any atom is -0.491 e. The van der Waals surface area contributed by atoms with Crippen molar-refractivity contribution >= 4 is 28.2 Å². The van der Waals surface area contributed by atoms with Gasteiger partial charge in [0, 0.05) is 62.1 Å². The van der Waals surface area contributed by atoms with Crippen molar-refractivity contribution in [2.75, 3.05) is 27.3 Å². The van der Waals surface area contributed by atoms with E-state index in [4.69, 9.17) is 14.6 Å². The molecule has 0 aliphatic carbocycles. The summed E-state index contributed by atoms with van der Waals surface area (Å²) in [5.41, 5.74) is 5.47. The first-order chi connectivity index (χ1) is 15.5. The molecule has 1 fully saturated rings. The van der Waals surface area contributed by atoms with Crippen LogP contribution in [-0.4, -0.2) is 69.0 Å². The highest BCUT2D eigenvalue weighted by Crippen LogP contribution is 2.36. The van der Waals surface area contributed by atoms with Crippen molar-refractivity contribution in [1.82, 2.24) is 29.7 Å². The van der Waals surface area contributed by atoms with Gasteiger partial charge in [-0.15, -0.1) is 0 Å². The number of amides is 1. The van der Waals surface area contributed by atoms with Crippen LogP contribution in [0.3, 0.4) is 0 Å². The van der Waals surface area contributed by atoms with Crippen molar-refractivity contribution in [1.29, 1.82) is 0 Å². The Hall–Kier alpha value is -3.79. The Bertz CT molecular complexity index is 1320. The number of carboxylic acid groups (broad SMARTS) is 1. The highest BCUT2D eigenvalue weighted by molar-refractivity contribution is 5.96. The van der Waals surface area contributed by atoms with E-state index < -0.39 is 6.09 Å². The number of nitrogens with zero attached hydrogens (tertiary/aromatic N) is 4. The largest absolute Gasteiger partial charge is 0.491 e. The van der Waals surface area contributed by atoms with Crippen LogP contribution in [0.5, 0.6) is 11.6 Å². The molecule has 166 valence electrons. The quantitative estimate of drug-likeness (QED) is 0.425. The van der Waals surface area contributed by atoms with Crippen LogP contribution in [0.25, 0.3) is 33.3 Å². The van der Waals surface area contributed by atoms with Crippen LogP contribution in [0.1, 0.15) is 5.56 Å². The molecule has 0 saturated carbocycles. The zero-order chi connectivity index (χ0) is 22.4. The van der Waals surface area contributed by atoms with Gasteiger partial charge in [0.15, 0.2) is 5.75 Å². The van der Waals surface area contributed by atoms with Crippen molar-refractivity contribution in [3.8, 4) is 22.9 Å². The molecule has 0 atom stereocenters. The van der Waals surface area contributed by atoms with Crippen LogP contribution in [0.4, 0.5) is 4.79 Å². The van der Waals surface area contributed by atoms with Crippen LogP contribution in [-0.2, 0) is 13.6 Å². The van der Waals surface area contributed by atoms with Gasteiger partial charge in [-0.05, 0) is 17.7 Å². The predicted octanol–water partition coefficient (Wildman–Crippen LogP) is 2.59. The first-order valence-electron chi connectivity index (χ1n) is 10.2. The number of aromatic amines is 1. The molecule has 32 heavy (non-hydrogen) atoms. The van der Waals surface area contributed by atoms with Crippen LogP contribution in [0, 0.1) is 0 Å². The molecule has 1 aliphatic rings. The van der Waals surface area contributed by atoms with E-state index >= 15 is 0 Å². The molecule has 1 aliphatic heterocycles. The van der Waals surface area contributed by atoms with Crippen LogP contribution < -0.4 is 14.8 Å². The van der Waals surface area contributed by atoms with Crippen molar-refractivity contribution in [2.45, 2.75) is 12.6 Å². The summed E-state index contributed by atoms with van der Waals surface area (Å²) in [6.07, 6.45) is 2.93. The number of fused-ring (bicyclic) bond motifs is 2. The number of methoxy groups -OCH3 is 2. The van der Waals surface area contributed by atoms with Gasteiger partial charge in [0.05, 0.1) is 25.4 Å². The second kappa shape index (κ2) is 7.72. The Kier molecular flexibility index (Phi) is 4.86. The second-order valence-corrected chi connectivity index (χ2v) is 7.90. The van der Waals surface area contributed by atoms with E-state index in [1.54, 1.807) is 20.4 Å². The average Bonchev–Trinajstić information content (AvgIpc) is 3.32. The SMILES string of the molecule is COc1cc2c(nc1OC)c(-c1cc3c(CNC4CN(C(=O)O)C4)ccnc3[nH]1)cn2C. The lowest BCUT2D eigenvalue weighted by Gasteiger charge is -2.37. The van der Waals surface area contributed by atoms with Crippen LogP contribution in [0.2, 0.25) is 0 Å². The first-order valence-corrected chi connectivity index (χ1v) is 10.2. The molecule has 0 spiro atoms. The molecule has 10 heteroatoms. The summed E-state index contributed by atoms with van der Waals surface area (Å²) < 4.78 is 12.8. The fourth-order valence-electron chi connectivity index (χ4n) is 4.15. The monoisotopic (exact) mass is 436 g/mol. The lowest BCUT2D eigenvalue weighted by atomic mass is 10.1. The third kappa shape index (κ3) is 3.28. The zero-order valence-electron chi connectivity index (χ0n) is 18.0. The molecule has 5 rings (SSSR count). The molecule has 5 heterocycles. The lowest BCUT2D eigenvalue weighted by Crippen LogP contribution is -2.59. The number of H-pyrrole nitrogens is 1. The van der Waals surface area contributed by atoms with Gasteiger partial charge in [-0.1, -0.05) is 0 Å². The molecule has 10 nitrogen and oxygen atoms in total. The zero-order valence-corrected chi connectivity index (χ0v) is 18.0. The summed E-state index contributed by atoms with van der Waals surface area (Å²) in [5, 5.41) is 13.4. The number of aromatic nitrogens is 4. The maximum atomic E-state index is 10.9. The van der Waals surface area contributed by atoms with Gasteiger partial charge in [0.1, 0.15) is 11.2 Å². The third-order valence-corrected chi connectivity index (χ3v) is 5.95. The number of likely N-dealkylation sites (tertiary alicyclic amines) is 1. The van der Waals surface area contributed by atoms with Gasteiger partial charge in [-0.25, -0.2) is 14.8 Å². The maximum absolute atomic E-state index is 10.9. The summed E-state index contributed by atoms with van der Waals surface area (Å²) in [4.78, 5) is 24.9. The van der Waals surface area contributed by atoms with E-state index in [0.29, 0.717) is 31.3 Å². The number of hydrogen-bond acceptors (Lipinski definition) is 6. The van der Waals surface area contributed by atoms with E-state index in [0.717, 1.165) is 38.9 Å². The molecule has 0 aromatic carbocycles. The molecule has 0 unspecified atom stereocenters. The Morgan fingerprint density at radius 1 is 1.31 bits per heavy atom. The van der Waals surface area contributed by atoms with Gasteiger partial charge < -0.3 is 34.3 Å². The lowest BCUT2D eigenvalue weighted by molar-refractivity contribution is 0.0956. The second-order valence-electron chi connectivity index (χ2n) is 7.90. The molecule has 0 radical (unpaired) electrons. The number of aryl methyl sites for hydroxylation is 1. The predicted molar refractivity (Wildman–Crippen MR) is 119 cm³/mol. The van der Waals surface area contributed by atoms with E-state index in [-0.39, 0.29) is 6.04 Å². The average molecular weight is 436 g/mol. The van der Waals surface area contributed by atoms with Crippen LogP contribution in [0.15, 0.2) is 30.6 Å². The Morgan fingerprint density at radius 3 is 2.84 bits per heavy atom. The van der Waals surface area contributed by atoms with Crippen LogP contribution >= 0.6 is 0 Å². The Morgan fingerprint density at radius 2 is 2.12 bits per heavy atom. The Labute approximate surface area is 183 Å². The van der Waals surface area contributed by atoms with Gasteiger partial charge in [0.2, 0.25) is 0 Å². The minimum absolute atomic E-state index is 0.164. The molecule has 4 aromatic rings. The standard InChI is InChI=1S/C22H24N6O4/c1-27-11-15(19-17(27)7-18(31-2)21(26-19)32-3)16-6-14-12(4-5-23-20(14)25-16)8-24-13-9-28(10-13)22(29)30/h4-7,11,13,24H,8-10H2,1-3H3,(H,23,25)(H,29,30). The Balaban J connectivity index is 1.47. The summed E-state index contributed by atoms with van der Waals surface area (Å²) in [6.45, 7) is 1.65. The summed E-state index contributed by atoms with van der Waals surface area (Å²) in [6, 6.07) is 6.14. The van der Waals surface area contributed by atoms with E-state index in [2.05, 4.69) is 26.3 Å². The van der Waals surface area contributed by atoms with Gasteiger partial charge in [-0.2, -0.15) is 0 Å². The molecule has 1 amide bonds. The fourth-order valence-corrected chi connectivity index (χ4v) is 4.15. The highest BCUT2D eigenvalue weighted by atomic mass is 16.5. The number of rotatable bonds is 6. The van der Waals surface area contributed by atoms with Crippen molar-refractivity contribution < 1.29 is 19.4 Å². The first kappa shape index (κ1) is 20.1. The van der Waals surface area contributed by atoms with E-state index in [1.165, 1.54) is 4.90 Å². The molecular weight excluding hydrogens is 412 g/mol. The molecular formula is C22H24N6O4. The number of nitrogens with one attached hydrogen (secondary N) is 2. The van der Waals surface area contributed by atoms with Crippen molar-refractivity contribution in [3.63, 3.8) is 0 Å². The van der Waals surface area contributed by atoms with Gasteiger partial charge in [-0.3, -0.25) is 0 Å². The molecule has 3 N–H and O–H groups in total. The van der Waals surface area contributed by atoms with Gasteiger partial charge in [0.25, 0.3) is 5.88 Å². The summed E-state index contributed by atoms with van der Waals surface area (Å²) in [5.74, 6) is 1.01. The van der Waals surface area contributed by atoms with E-state index in [9.17, 15) is 4.79 Å². The summed E-state index contributed by atoms with van der Waals surface area (Å²) >= 11 is 0. The highest BCUT2D eigenvalue weighted by Gasteiger charge is 2.29. The fraction of sp³-hybridized carbons (Fsp3) is 0.318. The normalized spacial score (nSPS) is 14.2. The number of carbonyl (C=O) groups is 1. The van der Waals surface area contributed by atoms with Crippen molar-refractivity contribution in [2.24, 2.45) is 7.05 Å². The topological polar surface area (TPSA) is 118 Å². The molecule has 0 bridgehead atoms. The maximum Gasteiger partial charge on any atom is 0.407 e. The minimum atomic E-state index is -0.873. The number of ether oxygens (including phenoxy) is 2. The van der Waals surface area contributed by atoms with E-state index in [1.807, 2.05) is 29.9 Å². The van der Waals surface area contributed by atoms with Crippen molar-refractivity contribution in [3.05, 3.63) is 36.2 Å². The number of pyridine rings is 2. The number of hydrogen-bond donors (Lipinski definition) is 3. The van der Waals surface area contributed by atoms with Gasteiger partial charge >= 0.3 is 6.09 Å².